The van der Waals surface area contributed by atoms with Crippen molar-refractivity contribution in [3.63, 3.8) is 0 Å². The minimum atomic E-state index is -0.153. The first-order chi connectivity index (χ1) is 10.2. The Bertz CT molecular complexity index is 653. The second-order valence-electron chi connectivity index (χ2n) is 4.55. The van der Waals surface area contributed by atoms with Gasteiger partial charge in [0.1, 0.15) is 0 Å². The van der Waals surface area contributed by atoms with E-state index in [1.165, 1.54) is 6.08 Å². The fourth-order valence-electron chi connectivity index (χ4n) is 1.86. The molecule has 2 N–H and O–H groups in total. The molecule has 0 fully saturated rings. The van der Waals surface area contributed by atoms with Crippen LogP contribution in [0.2, 0.25) is 0 Å². The van der Waals surface area contributed by atoms with Crippen LogP contribution >= 0.6 is 15.9 Å². The van der Waals surface area contributed by atoms with Crippen molar-refractivity contribution in [1.82, 2.24) is 5.32 Å². The third kappa shape index (κ3) is 4.85. The van der Waals surface area contributed by atoms with Crippen LogP contribution in [0.5, 0.6) is 0 Å². The van der Waals surface area contributed by atoms with E-state index in [1.54, 1.807) is 6.08 Å². The van der Waals surface area contributed by atoms with Gasteiger partial charge in [-0.05, 0) is 28.8 Å². The van der Waals surface area contributed by atoms with E-state index in [-0.39, 0.29) is 12.5 Å². The third-order valence-electron chi connectivity index (χ3n) is 2.96. The molecule has 0 heterocycles. The maximum Gasteiger partial charge on any atom is 0.244 e. The Kier molecular flexibility index (Phi) is 5.72. The van der Waals surface area contributed by atoms with E-state index in [0.717, 1.165) is 21.2 Å². The summed E-state index contributed by atoms with van der Waals surface area (Å²) in [5.41, 5.74) is 2.75. The molecule has 0 aliphatic rings. The van der Waals surface area contributed by atoms with E-state index >= 15 is 0 Å². The fraction of sp³-hybridized carbons (Fsp3) is 0.118. The minimum absolute atomic E-state index is 0.00369. The quantitative estimate of drug-likeness (QED) is 0.817. The summed E-state index contributed by atoms with van der Waals surface area (Å²) < 4.78 is 0.949. The highest BCUT2D eigenvalue weighted by Gasteiger charge is 1.99. The van der Waals surface area contributed by atoms with E-state index in [1.807, 2.05) is 48.5 Å². The lowest BCUT2D eigenvalue weighted by atomic mass is 10.1. The zero-order chi connectivity index (χ0) is 15.1. The van der Waals surface area contributed by atoms with Gasteiger partial charge in [0, 0.05) is 17.1 Å². The first kappa shape index (κ1) is 15.5. The monoisotopic (exact) mass is 345 g/mol. The maximum absolute atomic E-state index is 11.8. The lowest BCUT2D eigenvalue weighted by Gasteiger charge is -2.04. The number of carbonyl (C=O) groups excluding carboxylic acids is 1. The molecule has 2 aromatic rings. The Morgan fingerprint density at radius 3 is 2.67 bits per heavy atom. The number of amides is 1. The Morgan fingerprint density at radius 1 is 1.14 bits per heavy atom. The lowest BCUT2D eigenvalue weighted by molar-refractivity contribution is -0.116. The maximum atomic E-state index is 11.8. The zero-order valence-corrected chi connectivity index (χ0v) is 13.0. The van der Waals surface area contributed by atoms with Crippen LogP contribution in [-0.2, 0) is 17.9 Å². The molecule has 0 atom stereocenters. The van der Waals surface area contributed by atoms with Crippen molar-refractivity contribution in [1.29, 1.82) is 0 Å². The number of hydrogen-bond acceptors (Lipinski definition) is 2. The molecule has 0 aliphatic heterocycles. The van der Waals surface area contributed by atoms with Crippen LogP contribution in [0.4, 0.5) is 0 Å². The average molecular weight is 346 g/mol. The van der Waals surface area contributed by atoms with Gasteiger partial charge in [-0.2, -0.15) is 0 Å². The van der Waals surface area contributed by atoms with Gasteiger partial charge in [0.25, 0.3) is 0 Å². The summed E-state index contributed by atoms with van der Waals surface area (Å²) in [5, 5.41) is 11.9. The Morgan fingerprint density at radius 2 is 1.90 bits per heavy atom. The highest BCUT2D eigenvalue weighted by molar-refractivity contribution is 9.10. The molecule has 3 nitrogen and oxygen atoms in total. The highest BCUT2D eigenvalue weighted by atomic mass is 79.9. The number of hydrogen-bond donors (Lipinski definition) is 2. The predicted molar refractivity (Wildman–Crippen MR) is 87.4 cm³/mol. The minimum Gasteiger partial charge on any atom is -0.392 e. The van der Waals surface area contributed by atoms with E-state index in [4.69, 9.17) is 5.11 Å². The smallest absolute Gasteiger partial charge is 0.244 e. The second-order valence-corrected chi connectivity index (χ2v) is 5.41. The van der Waals surface area contributed by atoms with Crippen LogP contribution in [0.25, 0.3) is 6.08 Å². The van der Waals surface area contributed by atoms with Gasteiger partial charge in [-0.1, -0.05) is 58.4 Å². The number of benzene rings is 2. The topological polar surface area (TPSA) is 49.3 Å². The van der Waals surface area contributed by atoms with Crippen molar-refractivity contribution in [3.8, 4) is 0 Å². The van der Waals surface area contributed by atoms with E-state index < -0.39 is 0 Å². The Labute approximate surface area is 132 Å². The summed E-state index contributed by atoms with van der Waals surface area (Å²) in [4.78, 5) is 11.8. The normalized spacial score (nSPS) is 10.8. The molecule has 0 bridgehead atoms. The van der Waals surface area contributed by atoms with Crippen LogP contribution < -0.4 is 5.32 Å². The Hall–Kier alpha value is -1.91. The summed E-state index contributed by atoms with van der Waals surface area (Å²) in [6.45, 7) is 0.441. The van der Waals surface area contributed by atoms with E-state index in [9.17, 15) is 4.79 Å². The highest BCUT2D eigenvalue weighted by Crippen LogP contribution is 2.16. The SMILES string of the molecule is O=C(C=Cc1ccccc1Br)NCc1cccc(CO)c1. The molecule has 1 amide bonds. The molecule has 0 aromatic heterocycles. The number of carbonyl (C=O) groups is 1. The predicted octanol–water partition coefficient (Wildman–Crippen LogP) is 3.27. The van der Waals surface area contributed by atoms with Crippen molar-refractivity contribution in [2.75, 3.05) is 0 Å². The van der Waals surface area contributed by atoms with Gasteiger partial charge in [-0.3, -0.25) is 4.79 Å². The first-order valence-electron chi connectivity index (χ1n) is 6.58. The average Bonchev–Trinajstić information content (AvgIpc) is 2.52. The third-order valence-corrected chi connectivity index (χ3v) is 3.68. The lowest BCUT2D eigenvalue weighted by Crippen LogP contribution is -2.20. The first-order valence-corrected chi connectivity index (χ1v) is 7.37. The van der Waals surface area contributed by atoms with Gasteiger partial charge in [0.2, 0.25) is 5.91 Å². The van der Waals surface area contributed by atoms with Gasteiger partial charge < -0.3 is 10.4 Å². The largest absolute Gasteiger partial charge is 0.392 e. The standard InChI is InChI=1S/C17H16BrNO2/c18-16-7-2-1-6-15(16)8-9-17(21)19-11-13-4-3-5-14(10-13)12-20/h1-10,20H,11-12H2,(H,19,21). The van der Waals surface area contributed by atoms with Crippen LogP contribution in [0.3, 0.4) is 0 Å². The van der Waals surface area contributed by atoms with Gasteiger partial charge in [-0.25, -0.2) is 0 Å². The van der Waals surface area contributed by atoms with Gasteiger partial charge >= 0.3 is 0 Å². The molecular weight excluding hydrogens is 330 g/mol. The van der Waals surface area contributed by atoms with Crippen LogP contribution in [0, 0.1) is 0 Å². The molecule has 0 saturated heterocycles. The molecule has 108 valence electrons. The molecule has 0 aliphatic carbocycles. The molecule has 21 heavy (non-hydrogen) atoms. The number of rotatable bonds is 5. The fourth-order valence-corrected chi connectivity index (χ4v) is 2.28. The molecule has 0 unspecified atom stereocenters. The Balaban J connectivity index is 1.91. The van der Waals surface area contributed by atoms with Crippen LogP contribution in [-0.4, -0.2) is 11.0 Å². The zero-order valence-electron chi connectivity index (χ0n) is 11.4. The van der Waals surface area contributed by atoms with Gasteiger partial charge in [0.05, 0.1) is 6.61 Å². The summed E-state index contributed by atoms with van der Waals surface area (Å²) in [7, 11) is 0. The van der Waals surface area contributed by atoms with Crippen molar-refractivity contribution in [2.45, 2.75) is 13.2 Å². The second kappa shape index (κ2) is 7.76. The molecular formula is C17H16BrNO2. The molecule has 0 spiro atoms. The van der Waals surface area contributed by atoms with Crippen molar-refractivity contribution in [2.24, 2.45) is 0 Å². The van der Waals surface area contributed by atoms with Crippen LogP contribution in [0.1, 0.15) is 16.7 Å². The number of halogens is 1. The molecule has 0 radical (unpaired) electrons. The number of aliphatic hydroxyl groups is 1. The summed E-state index contributed by atoms with van der Waals surface area (Å²) in [5.74, 6) is -0.153. The van der Waals surface area contributed by atoms with Gasteiger partial charge in [0.15, 0.2) is 0 Å². The molecule has 2 aromatic carbocycles. The van der Waals surface area contributed by atoms with Crippen molar-refractivity contribution >= 4 is 27.9 Å². The van der Waals surface area contributed by atoms with Crippen LogP contribution in [0.15, 0.2) is 59.1 Å². The number of nitrogens with one attached hydrogen (secondary N) is 1. The summed E-state index contributed by atoms with van der Waals surface area (Å²) in [6, 6.07) is 15.2. The molecule has 0 saturated carbocycles. The molecule has 2 rings (SSSR count). The van der Waals surface area contributed by atoms with E-state index in [2.05, 4.69) is 21.2 Å². The van der Waals surface area contributed by atoms with Crippen molar-refractivity contribution in [3.05, 3.63) is 75.8 Å². The summed E-state index contributed by atoms with van der Waals surface area (Å²) in [6.07, 6.45) is 3.28. The number of aliphatic hydroxyl groups excluding tert-OH is 1. The summed E-state index contributed by atoms with van der Waals surface area (Å²) >= 11 is 3.43. The molecule has 4 heteroatoms. The van der Waals surface area contributed by atoms with Gasteiger partial charge in [-0.15, -0.1) is 0 Å². The van der Waals surface area contributed by atoms with E-state index in [0.29, 0.717) is 6.54 Å². The van der Waals surface area contributed by atoms with Crippen molar-refractivity contribution < 1.29 is 9.90 Å².